The Morgan fingerprint density at radius 1 is 1.21 bits per heavy atom. The molecule has 2 fully saturated rings. The van der Waals surface area contributed by atoms with Crippen LogP contribution in [-0.2, 0) is 9.47 Å². The van der Waals surface area contributed by atoms with Crippen LogP contribution >= 0.6 is 0 Å². The highest BCUT2D eigenvalue weighted by Crippen LogP contribution is 2.22. The number of ether oxygens (including phenoxy) is 2. The van der Waals surface area contributed by atoms with Gasteiger partial charge in [-0.25, -0.2) is 0 Å². The summed E-state index contributed by atoms with van der Waals surface area (Å²) in [4.78, 5) is 0. The molecule has 3 unspecified atom stereocenters. The summed E-state index contributed by atoms with van der Waals surface area (Å²) in [5.41, 5.74) is 0. The maximum Gasteiger partial charge on any atom is 0.0724 e. The molecule has 3 heteroatoms. The summed E-state index contributed by atoms with van der Waals surface area (Å²) >= 11 is 0. The van der Waals surface area contributed by atoms with E-state index in [9.17, 15) is 0 Å². The van der Waals surface area contributed by atoms with Gasteiger partial charge in [-0.05, 0) is 32.1 Å². The first-order valence-electron chi connectivity index (χ1n) is 5.76. The molecule has 0 aromatic rings. The first kappa shape index (κ1) is 10.4. The second-order valence-electron chi connectivity index (χ2n) is 4.39. The summed E-state index contributed by atoms with van der Waals surface area (Å²) < 4.78 is 10.9. The molecule has 2 rings (SSSR count). The highest BCUT2D eigenvalue weighted by molar-refractivity contribution is 4.87. The Kier molecular flexibility index (Phi) is 3.79. The van der Waals surface area contributed by atoms with Gasteiger partial charge in [0.2, 0.25) is 0 Å². The van der Waals surface area contributed by atoms with Crippen LogP contribution in [0, 0.1) is 0 Å². The molecule has 1 N–H and O–H groups in total. The molecule has 1 saturated heterocycles. The first-order chi connectivity index (χ1) is 6.90. The van der Waals surface area contributed by atoms with Gasteiger partial charge >= 0.3 is 0 Å². The van der Waals surface area contributed by atoms with E-state index in [1.807, 2.05) is 7.11 Å². The van der Waals surface area contributed by atoms with Gasteiger partial charge in [-0.15, -0.1) is 0 Å². The quantitative estimate of drug-likeness (QED) is 0.743. The van der Waals surface area contributed by atoms with Crippen LogP contribution in [0.3, 0.4) is 0 Å². The molecule has 2 aliphatic rings. The molecule has 1 aliphatic heterocycles. The highest BCUT2D eigenvalue weighted by Gasteiger charge is 2.29. The van der Waals surface area contributed by atoms with Crippen LogP contribution in [0.25, 0.3) is 0 Å². The van der Waals surface area contributed by atoms with Crippen LogP contribution < -0.4 is 5.32 Å². The molecule has 0 amide bonds. The van der Waals surface area contributed by atoms with E-state index >= 15 is 0 Å². The van der Waals surface area contributed by atoms with E-state index in [-0.39, 0.29) is 0 Å². The Bertz CT molecular complexity index is 169. The van der Waals surface area contributed by atoms with Crippen molar-refractivity contribution in [2.75, 3.05) is 20.3 Å². The van der Waals surface area contributed by atoms with Gasteiger partial charge in [-0.3, -0.25) is 0 Å². The van der Waals surface area contributed by atoms with Gasteiger partial charge in [0.1, 0.15) is 0 Å². The SMILES string of the molecule is COC1CCCC1NC1CCCOC1. The Balaban J connectivity index is 1.77. The lowest BCUT2D eigenvalue weighted by Crippen LogP contribution is -2.46. The zero-order chi connectivity index (χ0) is 9.80. The van der Waals surface area contributed by atoms with Crippen LogP contribution in [0.5, 0.6) is 0 Å². The van der Waals surface area contributed by atoms with Crippen molar-refractivity contribution in [3.8, 4) is 0 Å². The molecule has 1 saturated carbocycles. The van der Waals surface area contributed by atoms with Gasteiger partial charge in [0.15, 0.2) is 0 Å². The zero-order valence-corrected chi connectivity index (χ0v) is 9.00. The van der Waals surface area contributed by atoms with E-state index in [0.29, 0.717) is 18.2 Å². The van der Waals surface area contributed by atoms with Gasteiger partial charge < -0.3 is 14.8 Å². The largest absolute Gasteiger partial charge is 0.380 e. The topological polar surface area (TPSA) is 30.5 Å². The van der Waals surface area contributed by atoms with Gasteiger partial charge in [0, 0.05) is 25.8 Å². The number of rotatable bonds is 3. The molecular formula is C11H21NO2. The molecule has 0 aromatic carbocycles. The third-order valence-electron chi connectivity index (χ3n) is 3.37. The van der Waals surface area contributed by atoms with Crippen molar-refractivity contribution >= 4 is 0 Å². The summed E-state index contributed by atoms with van der Waals surface area (Å²) in [5.74, 6) is 0. The van der Waals surface area contributed by atoms with Crippen molar-refractivity contribution in [1.82, 2.24) is 5.32 Å². The maximum absolute atomic E-state index is 5.46. The van der Waals surface area contributed by atoms with Crippen LogP contribution in [-0.4, -0.2) is 38.5 Å². The predicted molar refractivity (Wildman–Crippen MR) is 55.4 cm³/mol. The third-order valence-corrected chi connectivity index (χ3v) is 3.37. The van der Waals surface area contributed by atoms with Crippen molar-refractivity contribution in [2.45, 2.75) is 50.3 Å². The van der Waals surface area contributed by atoms with Crippen molar-refractivity contribution in [1.29, 1.82) is 0 Å². The van der Waals surface area contributed by atoms with Crippen molar-refractivity contribution in [2.24, 2.45) is 0 Å². The van der Waals surface area contributed by atoms with Gasteiger partial charge in [-0.2, -0.15) is 0 Å². The molecule has 0 radical (unpaired) electrons. The van der Waals surface area contributed by atoms with E-state index in [0.717, 1.165) is 13.2 Å². The molecule has 3 nitrogen and oxygen atoms in total. The van der Waals surface area contributed by atoms with Crippen LogP contribution in [0.15, 0.2) is 0 Å². The number of nitrogens with one attached hydrogen (secondary N) is 1. The third kappa shape index (κ3) is 2.47. The minimum atomic E-state index is 0.428. The molecule has 82 valence electrons. The summed E-state index contributed by atoms with van der Waals surface area (Å²) in [6.07, 6.45) is 6.65. The van der Waals surface area contributed by atoms with Crippen LogP contribution in [0.4, 0.5) is 0 Å². The summed E-state index contributed by atoms with van der Waals surface area (Å²) in [7, 11) is 1.82. The van der Waals surface area contributed by atoms with E-state index < -0.39 is 0 Å². The monoisotopic (exact) mass is 199 g/mol. The van der Waals surface area contributed by atoms with E-state index in [1.165, 1.54) is 32.1 Å². The fourth-order valence-electron chi connectivity index (χ4n) is 2.57. The smallest absolute Gasteiger partial charge is 0.0724 e. The number of hydrogen-bond acceptors (Lipinski definition) is 3. The minimum absolute atomic E-state index is 0.428. The average Bonchev–Trinajstić information content (AvgIpc) is 2.67. The summed E-state index contributed by atoms with van der Waals surface area (Å²) in [5, 5.41) is 3.67. The summed E-state index contributed by atoms with van der Waals surface area (Å²) in [6.45, 7) is 1.82. The minimum Gasteiger partial charge on any atom is -0.380 e. The van der Waals surface area contributed by atoms with E-state index in [2.05, 4.69) is 5.32 Å². The molecule has 1 heterocycles. The fourth-order valence-corrected chi connectivity index (χ4v) is 2.57. The van der Waals surface area contributed by atoms with Crippen molar-refractivity contribution in [3.63, 3.8) is 0 Å². The predicted octanol–water partition coefficient (Wildman–Crippen LogP) is 1.32. The standard InChI is InChI=1S/C11H21NO2/c1-13-11-6-2-5-10(11)12-9-4-3-7-14-8-9/h9-12H,2-8H2,1H3. The van der Waals surface area contributed by atoms with Crippen molar-refractivity contribution < 1.29 is 9.47 Å². The van der Waals surface area contributed by atoms with E-state index in [1.54, 1.807) is 0 Å². The number of hydrogen-bond donors (Lipinski definition) is 1. The molecule has 0 spiro atoms. The lowest BCUT2D eigenvalue weighted by atomic mass is 10.1. The zero-order valence-electron chi connectivity index (χ0n) is 9.00. The lowest BCUT2D eigenvalue weighted by Gasteiger charge is -2.29. The van der Waals surface area contributed by atoms with E-state index in [4.69, 9.17) is 9.47 Å². The molecule has 3 atom stereocenters. The molecule has 1 aliphatic carbocycles. The normalized spacial score (nSPS) is 38.8. The molecule has 0 bridgehead atoms. The van der Waals surface area contributed by atoms with Gasteiger partial charge in [0.25, 0.3) is 0 Å². The first-order valence-corrected chi connectivity index (χ1v) is 5.76. The Morgan fingerprint density at radius 3 is 2.86 bits per heavy atom. The second-order valence-corrected chi connectivity index (χ2v) is 4.39. The summed E-state index contributed by atoms with van der Waals surface area (Å²) in [6, 6.07) is 1.12. The Hall–Kier alpha value is -0.120. The highest BCUT2D eigenvalue weighted by atomic mass is 16.5. The lowest BCUT2D eigenvalue weighted by molar-refractivity contribution is 0.0441. The fraction of sp³-hybridized carbons (Fsp3) is 1.00. The van der Waals surface area contributed by atoms with Crippen molar-refractivity contribution in [3.05, 3.63) is 0 Å². The molecular weight excluding hydrogens is 178 g/mol. The van der Waals surface area contributed by atoms with Gasteiger partial charge in [0.05, 0.1) is 12.7 Å². The second kappa shape index (κ2) is 5.10. The van der Waals surface area contributed by atoms with Gasteiger partial charge in [-0.1, -0.05) is 0 Å². The average molecular weight is 199 g/mol. The molecule has 0 aromatic heterocycles. The Labute approximate surface area is 86.2 Å². The molecule has 14 heavy (non-hydrogen) atoms. The number of methoxy groups -OCH3 is 1. The van der Waals surface area contributed by atoms with Crippen LogP contribution in [0.2, 0.25) is 0 Å². The van der Waals surface area contributed by atoms with Crippen LogP contribution in [0.1, 0.15) is 32.1 Å². The Morgan fingerprint density at radius 2 is 2.14 bits per heavy atom. The maximum atomic E-state index is 5.46.